The zero-order valence-corrected chi connectivity index (χ0v) is 13.5. The van der Waals surface area contributed by atoms with Crippen molar-refractivity contribution in [3.8, 4) is 17.2 Å². The van der Waals surface area contributed by atoms with E-state index < -0.39 is 0 Å². The molecule has 0 atom stereocenters. The first-order valence-corrected chi connectivity index (χ1v) is 7.20. The molecule has 0 aliphatic heterocycles. The van der Waals surface area contributed by atoms with Gasteiger partial charge in [0.25, 0.3) is 0 Å². The molecule has 0 bridgehead atoms. The summed E-state index contributed by atoms with van der Waals surface area (Å²) in [7, 11) is 3.20. The van der Waals surface area contributed by atoms with Gasteiger partial charge in [0, 0.05) is 15.6 Å². The number of methoxy groups -OCH3 is 2. The van der Waals surface area contributed by atoms with Crippen LogP contribution in [0.15, 0.2) is 40.9 Å². The van der Waals surface area contributed by atoms with E-state index >= 15 is 0 Å². The second kappa shape index (κ2) is 7.33. The molecule has 2 aromatic rings. The van der Waals surface area contributed by atoms with E-state index in [1.165, 1.54) is 0 Å². The third kappa shape index (κ3) is 3.68. The number of hydrogen-bond acceptors (Lipinski definition) is 4. The number of para-hydroxylation sites is 1. The van der Waals surface area contributed by atoms with Gasteiger partial charge in [-0.05, 0) is 24.3 Å². The average molecular weight is 353 g/mol. The molecule has 1 N–H and O–H groups in total. The van der Waals surface area contributed by atoms with Crippen molar-refractivity contribution in [2.75, 3.05) is 14.2 Å². The Labute approximate surface area is 132 Å². The molecule has 0 aliphatic rings. The highest BCUT2D eigenvalue weighted by molar-refractivity contribution is 9.10. The molecule has 21 heavy (non-hydrogen) atoms. The monoisotopic (exact) mass is 352 g/mol. The lowest BCUT2D eigenvalue weighted by Crippen LogP contribution is -2.02. The zero-order valence-electron chi connectivity index (χ0n) is 11.9. The van der Waals surface area contributed by atoms with Gasteiger partial charge in [-0.2, -0.15) is 0 Å². The van der Waals surface area contributed by atoms with E-state index in [1.54, 1.807) is 26.4 Å². The Morgan fingerprint density at radius 2 is 1.86 bits per heavy atom. The Hall–Kier alpha value is -1.72. The van der Waals surface area contributed by atoms with Crippen molar-refractivity contribution in [3.05, 3.63) is 52.0 Å². The van der Waals surface area contributed by atoms with Crippen molar-refractivity contribution >= 4 is 15.9 Å². The Balaban J connectivity index is 2.24. The van der Waals surface area contributed by atoms with Gasteiger partial charge in [-0.1, -0.05) is 28.1 Å². The molecule has 0 saturated heterocycles. The van der Waals surface area contributed by atoms with E-state index in [9.17, 15) is 5.11 Å². The molecular weight excluding hydrogens is 336 g/mol. The third-order valence-corrected chi connectivity index (χ3v) is 3.85. The molecule has 0 unspecified atom stereocenters. The lowest BCUT2D eigenvalue weighted by molar-refractivity contribution is 0.249. The molecule has 112 valence electrons. The quantitative estimate of drug-likeness (QED) is 0.863. The van der Waals surface area contributed by atoms with Gasteiger partial charge in [-0.3, -0.25) is 0 Å². The zero-order chi connectivity index (χ0) is 15.2. The van der Waals surface area contributed by atoms with Crippen molar-refractivity contribution in [1.82, 2.24) is 0 Å². The van der Waals surface area contributed by atoms with Crippen LogP contribution >= 0.6 is 15.9 Å². The largest absolute Gasteiger partial charge is 0.497 e. The molecule has 2 rings (SSSR count). The van der Waals surface area contributed by atoms with Crippen molar-refractivity contribution in [2.24, 2.45) is 0 Å². The summed E-state index contributed by atoms with van der Waals surface area (Å²) in [5.41, 5.74) is 1.64. The van der Waals surface area contributed by atoms with Crippen LogP contribution in [-0.2, 0) is 13.2 Å². The number of aliphatic hydroxyl groups excluding tert-OH is 1. The van der Waals surface area contributed by atoms with Gasteiger partial charge in [0.1, 0.15) is 12.4 Å². The van der Waals surface area contributed by atoms with Gasteiger partial charge in [0.2, 0.25) is 0 Å². The van der Waals surface area contributed by atoms with Crippen LogP contribution < -0.4 is 14.2 Å². The van der Waals surface area contributed by atoms with Crippen LogP contribution in [-0.4, -0.2) is 19.3 Å². The van der Waals surface area contributed by atoms with E-state index in [0.29, 0.717) is 23.7 Å². The molecule has 2 aromatic carbocycles. The molecule has 0 radical (unpaired) electrons. The fourth-order valence-electron chi connectivity index (χ4n) is 1.95. The highest BCUT2D eigenvalue weighted by Crippen LogP contribution is 2.33. The second-order valence-corrected chi connectivity index (χ2v) is 5.21. The third-order valence-electron chi connectivity index (χ3n) is 3.08. The lowest BCUT2D eigenvalue weighted by Gasteiger charge is -2.15. The van der Waals surface area contributed by atoms with Crippen LogP contribution in [0.5, 0.6) is 17.2 Å². The van der Waals surface area contributed by atoms with Crippen molar-refractivity contribution in [2.45, 2.75) is 13.2 Å². The molecular formula is C16H17BrO4. The minimum absolute atomic E-state index is 0.105. The van der Waals surface area contributed by atoms with Crippen molar-refractivity contribution in [3.63, 3.8) is 0 Å². The average Bonchev–Trinajstić information content (AvgIpc) is 2.53. The number of halogens is 1. The van der Waals surface area contributed by atoms with E-state index in [0.717, 1.165) is 15.8 Å². The van der Waals surface area contributed by atoms with Crippen LogP contribution in [0, 0.1) is 0 Å². The maximum absolute atomic E-state index is 9.41. The van der Waals surface area contributed by atoms with Gasteiger partial charge in [-0.25, -0.2) is 0 Å². The molecule has 0 heterocycles. The summed E-state index contributed by atoms with van der Waals surface area (Å²) in [5, 5.41) is 9.41. The summed E-state index contributed by atoms with van der Waals surface area (Å²) in [4.78, 5) is 0. The predicted molar refractivity (Wildman–Crippen MR) is 83.9 cm³/mol. The summed E-state index contributed by atoms with van der Waals surface area (Å²) in [6.45, 7) is 0.233. The van der Waals surface area contributed by atoms with Crippen LogP contribution in [0.25, 0.3) is 0 Å². The minimum Gasteiger partial charge on any atom is -0.497 e. The highest BCUT2D eigenvalue weighted by Gasteiger charge is 2.11. The Bertz CT molecular complexity index is 591. The molecule has 5 heteroatoms. The molecule has 0 saturated carbocycles. The number of ether oxygens (including phenoxy) is 3. The fraction of sp³-hybridized carbons (Fsp3) is 0.250. The maximum Gasteiger partial charge on any atom is 0.167 e. The van der Waals surface area contributed by atoms with Crippen LogP contribution in [0.2, 0.25) is 0 Å². The summed E-state index contributed by atoms with van der Waals surface area (Å²) < 4.78 is 17.3. The van der Waals surface area contributed by atoms with Gasteiger partial charge < -0.3 is 19.3 Å². The summed E-state index contributed by atoms with van der Waals surface area (Å²) >= 11 is 3.49. The number of benzene rings is 2. The summed E-state index contributed by atoms with van der Waals surface area (Å²) in [5.74, 6) is 1.91. The van der Waals surface area contributed by atoms with Crippen LogP contribution in [0.3, 0.4) is 0 Å². The first-order chi connectivity index (χ1) is 10.2. The maximum atomic E-state index is 9.41. The van der Waals surface area contributed by atoms with Crippen molar-refractivity contribution < 1.29 is 19.3 Å². The molecule has 4 nitrogen and oxygen atoms in total. The fourth-order valence-corrected chi connectivity index (χ4v) is 2.31. The Kier molecular flexibility index (Phi) is 5.47. The Morgan fingerprint density at radius 3 is 2.52 bits per heavy atom. The highest BCUT2D eigenvalue weighted by atomic mass is 79.9. The molecule has 0 aliphatic carbocycles. The van der Waals surface area contributed by atoms with Crippen molar-refractivity contribution in [1.29, 1.82) is 0 Å². The van der Waals surface area contributed by atoms with E-state index in [4.69, 9.17) is 14.2 Å². The molecule has 0 amide bonds. The number of hydrogen-bond donors (Lipinski definition) is 1. The number of rotatable bonds is 6. The van der Waals surface area contributed by atoms with Gasteiger partial charge in [0.15, 0.2) is 11.5 Å². The smallest absolute Gasteiger partial charge is 0.167 e. The normalized spacial score (nSPS) is 10.3. The van der Waals surface area contributed by atoms with Gasteiger partial charge in [0.05, 0.1) is 20.8 Å². The molecule has 0 fully saturated rings. The molecule has 0 aromatic heterocycles. The van der Waals surface area contributed by atoms with E-state index in [-0.39, 0.29) is 6.61 Å². The molecule has 0 spiro atoms. The SMILES string of the molecule is COc1ccc(Br)c(COc2c(CO)cccc2OC)c1. The summed E-state index contributed by atoms with van der Waals surface area (Å²) in [6.07, 6.45) is 0. The van der Waals surface area contributed by atoms with E-state index in [1.807, 2.05) is 24.3 Å². The first kappa shape index (κ1) is 15.7. The van der Waals surface area contributed by atoms with Gasteiger partial charge in [-0.15, -0.1) is 0 Å². The van der Waals surface area contributed by atoms with E-state index in [2.05, 4.69) is 15.9 Å². The second-order valence-electron chi connectivity index (χ2n) is 4.35. The van der Waals surface area contributed by atoms with Crippen LogP contribution in [0.4, 0.5) is 0 Å². The lowest BCUT2D eigenvalue weighted by atomic mass is 10.2. The van der Waals surface area contributed by atoms with Gasteiger partial charge >= 0.3 is 0 Å². The number of aliphatic hydroxyl groups is 1. The Morgan fingerprint density at radius 1 is 1.05 bits per heavy atom. The minimum atomic E-state index is -0.105. The predicted octanol–water partition coefficient (Wildman–Crippen LogP) is 3.54. The standard InChI is InChI=1S/C16H17BrO4/c1-19-13-6-7-14(17)12(8-13)10-21-16-11(9-18)4-3-5-15(16)20-2/h3-8,18H,9-10H2,1-2H3. The van der Waals surface area contributed by atoms with Crippen LogP contribution in [0.1, 0.15) is 11.1 Å². The summed E-state index contributed by atoms with van der Waals surface area (Å²) in [6, 6.07) is 11.1. The first-order valence-electron chi connectivity index (χ1n) is 6.41. The topological polar surface area (TPSA) is 47.9 Å².